The summed E-state index contributed by atoms with van der Waals surface area (Å²) in [5.41, 5.74) is 8.01. The zero-order valence-corrected chi connectivity index (χ0v) is 15.6. The third-order valence-corrected chi connectivity index (χ3v) is 6.22. The highest BCUT2D eigenvalue weighted by Crippen LogP contribution is 2.42. The lowest BCUT2D eigenvalue weighted by Crippen LogP contribution is -2.43. The lowest BCUT2D eigenvalue weighted by Gasteiger charge is -2.35. The van der Waals surface area contributed by atoms with Gasteiger partial charge in [0.05, 0.1) is 10.4 Å². The molecule has 0 unspecified atom stereocenters. The summed E-state index contributed by atoms with van der Waals surface area (Å²) < 4.78 is 38.2. The van der Waals surface area contributed by atoms with Crippen molar-refractivity contribution in [1.29, 1.82) is 0 Å². The summed E-state index contributed by atoms with van der Waals surface area (Å²) in [5.74, 6) is 0. The van der Waals surface area contributed by atoms with Crippen LogP contribution in [0.4, 0.5) is 18.9 Å². The van der Waals surface area contributed by atoms with E-state index in [0.29, 0.717) is 0 Å². The topological polar surface area (TPSA) is 54.5 Å². The molecule has 0 spiro atoms. The Hall–Kier alpha value is -2.19. The van der Waals surface area contributed by atoms with Gasteiger partial charge in [-0.1, -0.05) is 6.07 Å². The molecular weight excluding hydrogens is 373 g/mol. The van der Waals surface area contributed by atoms with Gasteiger partial charge in [0.15, 0.2) is 0 Å². The van der Waals surface area contributed by atoms with Crippen LogP contribution in [0.2, 0.25) is 0 Å². The second-order valence-corrected chi connectivity index (χ2v) is 8.10. The Labute approximate surface area is 159 Å². The largest absolute Gasteiger partial charge is 0.433 e. The molecule has 8 heteroatoms. The molecule has 1 aliphatic carbocycles. The zero-order valence-electron chi connectivity index (χ0n) is 14.8. The highest BCUT2D eigenvalue weighted by atomic mass is 32.1. The number of thiazole rings is 1. The number of aromatic nitrogens is 1. The molecule has 1 aromatic heterocycles. The van der Waals surface area contributed by atoms with Gasteiger partial charge in [-0.25, -0.2) is 4.98 Å². The number of anilines is 1. The summed E-state index contributed by atoms with van der Waals surface area (Å²) in [5, 5.41) is 0.948. The van der Waals surface area contributed by atoms with Gasteiger partial charge in [-0.3, -0.25) is 4.99 Å². The molecular formula is C19H19F3N4S. The number of nitrogens with two attached hydrogens (primary N) is 1. The standard InChI is InChI=1S/C19H19F3N4S/c1-12-7-13(15-10-24-17(27-15)18(23)4-2-5-18)9-14(8-12)26-6-3-16(25-11-26)19(20,21)22/h3,6-10H,2,4-5,11,23H2,1H3. The molecule has 4 rings (SSSR count). The summed E-state index contributed by atoms with van der Waals surface area (Å²) >= 11 is 1.59. The van der Waals surface area contributed by atoms with E-state index in [4.69, 9.17) is 5.73 Å². The molecule has 1 aromatic carbocycles. The SMILES string of the molecule is Cc1cc(-c2cnc(C3(N)CCC3)s2)cc(N2C=CC(C(F)(F)F)=NC2)c1. The van der Waals surface area contributed by atoms with E-state index in [1.54, 1.807) is 16.2 Å². The molecule has 2 aromatic rings. The molecule has 1 saturated carbocycles. The highest BCUT2D eigenvalue weighted by molar-refractivity contribution is 7.15. The number of allylic oxidation sites excluding steroid dienone is 1. The molecule has 0 bridgehead atoms. The minimum Gasteiger partial charge on any atom is -0.328 e. The van der Waals surface area contributed by atoms with Crippen molar-refractivity contribution in [3.63, 3.8) is 0 Å². The number of hydrogen-bond acceptors (Lipinski definition) is 5. The van der Waals surface area contributed by atoms with E-state index in [9.17, 15) is 13.2 Å². The molecule has 142 valence electrons. The molecule has 0 amide bonds. The van der Waals surface area contributed by atoms with Crippen LogP contribution in [0, 0.1) is 6.92 Å². The van der Waals surface area contributed by atoms with E-state index in [1.807, 2.05) is 31.3 Å². The molecule has 0 atom stereocenters. The third kappa shape index (κ3) is 3.51. The van der Waals surface area contributed by atoms with E-state index < -0.39 is 11.9 Å². The Bertz CT molecular complexity index is 925. The van der Waals surface area contributed by atoms with Crippen molar-refractivity contribution in [2.24, 2.45) is 10.7 Å². The van der Waals surface area contributed by atoms with E-state index >= 15 is 0 Å². The second-order valence-electron chi connectivity index (χ2n) is 7.06. The number of alkyl halides is 3. The summed E-state index contributed by atoms with van der Waals surface area (Å²) in [6, 6.07) is 5.93. The first-order chi connectivity index (χ1) is 12.7. The Balaban J connectivity index is 1.60. The van der Waals surface area contributed by atoms with Gasteiger partial charge in [-0.05, 0) is 55.5 Å². The minimum absolute atomic E-state index is 0.0614. The van der Waals surface area contributed by atoms with Crippen molar-refractivity contribution in [2.45, 2.75) is 37.9 Å². The Kier molecular flexibility index (Phi) is 4.35. The van der Waals surface area contributed by atoms with Gasteiger partial charge in [-0.2, -0.15) is 13.2 Å². The average molecular weight is 392 g/mol. The van der Waals surface area contributed by atoms with Gasteiger partial charge in [0.1, 0.15) is 17.4 Å². The van der Waals surface area contributed by atoms with Crippen molar-refractivity contribution >= 4 is 22.7 Å². The van der Waals surface area contributed by atoms with Crippen molar-refractivity contribution in [2.75, 3.05) is 11.6 Å². The number of rotatable bonds is 3. The fourth-order valence-corrected chi connectivity index (χ4v) is 4.31. The fourth-order valence-electron chi connectivity index (χ4n) is 3.24. The van der Waals surface area contributed by atoms with E-state index in [0.717, 1.165) is 52.0 Å². The fraction of sp³-hybridized carbons (Fsp3) is 0.368. The van der Waals surface area contributed by atoms with Crippen LogP contribution in [-0.4, -0.2) is 23.5 Å². The normalized spacial score (nSPS) is 19.0. The molecule has 2 N–H and O–H groups in total. The molecule has 1 aliphatic heterocycles. The van der Waals surface area contributed by atoms with Gasteiger partial charge in [0, 0.05) is 18.1 Å². The van der Waals surface area contributed by atoms with Crippen LogP contribution in [0.1, 0.15) is 29.8 Å². The highest BCUT2D eigenvalue weighted by Gasteiger charge is 2.37. The van der Waals surface area contributed by atoms with Crippen molar-refractivity contribution in [3.8, 4) is 10.4 Å². The van der Waals surface area contributed by atoms with Crippen LogP contribution in [0.5, 0.6) is 0 Å². The predicted molar refractivity (Wildman–Crippen MR) is 102 cm³/mol. The number of nitrogens with zero attached hydrogens (tertiary/aromatic N) is 3. The van der Waals surface area contributed by atoms with Crippen LogP contribution in [-0.2, 0) is 5.54 Å². The summed E-state index contributed by atoms with van der Waals surface area (Å²) in [7, 11) is 0. The van der Waals surface area contributed by atoms with E-state index in [1.165, 1.54) is 6.20 Å². The Morgan fingerprint density at radius 1 is 1.22 bits per heavy atom. The summed E-state index contributed by atoms with van der Waals surface area (Å²) in [6.07, 6.45) is 2.88. The van der Waals surface area contributed by atoms with Crippen molar-refractivity contribution < 1.29 is 13.2 Å². The summed E-state index contributed by atoms with van der Waals surface area (Å²) in [6.45, 7) is 1.90. The first kappa shape index (κ1) is 18.2. The van der Waals surface area contributed by atoms with Gasteiger partial charge in [-0.15, -0.1) is 11.3 Å². The molecule has 2 heterocycles. The van der Waals surface area contributed by atoms with Gasteiger partial charge >= 0.3 is 6.18 Å². The molecule has 0 radical (unpaired) electrons. The van der Waals surface area contributed by atoms with Gasteiger partial charge in [0.25, 0.3) is 0 Å². The van der Waals surface area contributed by atoms with Gasteiger partial charge in [0.2, 0.25) is 0 Å². The zero-order chi connectivity index (χ0) is 19.2. The van der Waals surface area contributed by atoms with E-state index in [2.05, 4.69) is 9.98 Å². The van der Waals surface area contributed by atoms with Crippen LogP contribution < -0.4 is 10.6 Å². The quantitative estimate of drug-likeness (QED) is 0.820. The lowest BCUT2D eigenvalue weighted by atomic mass is 9.78. The first-order valence-corrected chi connectivity index (χ1v) is 9.50. The van der Waals surface area contributed by atoms with Crippen LogP contribution >= 0.6 is 11.3 Å². The third-order valence-electron chi connectivity index (χ3n) is 4.95. The number of aliphatic imine (C=N–C) groups is 1. The number of halogens is 3. The van der Waals surface area contributed by atoms with Crippen LogP contribution in [0.15, 0.2) is 41.7 Å². The molecule has 2 aliphatic rings. The first-order valence-electron chi connectivity index (χ1n) is 8.68. The molecule has 0 saturated heterocycles. The summed E-state index contributed by atoms with van der Waals surface area (Å²) in [4.78, 5) is 10.9. The van der Waals surface area contributed by atoms with Crippen molar-refractivity contribution in [3.05, 3.63) is 47.2 Å². The lowest BCUT2D eigenvalue weighted by molar-refractivity contribution is -0.0579. The maximum atomic E-state index is 12.7. The monoisotopic (exact) mass is 392 g/mol. The second kappa shape index (κ2) is 6.45. The molecule has 4 nitrogen and oxygen atoms in total. The van der Waals surface area contributed by atoms with E-state index in [-0.39, 0.29) is 12.2 Å². The molecule has 1 fully saturated rings. The van der Waals surface area contributed by atoms with Crippen molar-refractivity contribution in [1.82, 2.24) is 4.98 Å². The Morgan fingerprint density at radius 2 is 2.00 bits per heavy atom. The van der Waals surface area contributed by atoms with Crippen LogP contribution in [0.25, 0.3) is 10.4 Å². The Morgan fingerprint density at radius 3 is 2.59 bits per heavy atom. The van der Waals surface area contributed by atoms with Crippen LogP contribution in [0.3, 0.4) is 0 Å². The molecule has 27 heavy (non-hydrogen) atoms. The smallest absolute Gasteiger partial charge is 0.328 e. The number of aryl methyl sites for hydroxylation is 1. The average Bonchev–Trinajstić information content (AvgIpc) is 3.09. The maximum absolute atomic E-state index is 12.7. The van der Waals surface area contributed by atoms with Gasteiger partial charge < -0.3 is 10.6 Å². The number of hydrogen-bond donors (Lipinski definition) is 1. The maximum Gasteiger partial charge on any atom is 0.433 e. The predicted octanol–water partition coefficient (Wildman–Crippen LogP) is 4.75. The number of benzene rings is 1. The minimum atomic E-state index is -4.42.